The van der Waals surface area contributed by atoms with Crippen molar-refractivity contribution in [3.63, 3.8) is 0 Å². The third kappa shape index (κ3) is 6.04. The number of methoxy groups -OCH3 is 1. The van der Waals surface area contributed by atoms with Gasteiger partial charge < -0.3 is 19.5 Å². The Balaban J connectivity index is 1.48. The number of hydrogen-bond donors (Lipinski definition) is 1. The summed E-state index contributed by atoms with van der Waals surface area (Å²) in [6.45, 7) is 2.87. The van der Waals surface area contributed by atoms with Crippen molar-refractivity contribution in [2.75, 3.05) is 20.3 Å². The van der Waals surface area contributed by atoms with Crippen LogP contribution in [-0.4, -0.2) is 26.4 Å². The van der Waals surface area contributed by atoms with E-state index in [0.29, 0.717) is 36.0 Å². The molecule has 1 fully saturated rings. The van der Waals surface area contributed by atoms with Gasteiger partial charge in [-0.1, -0.05) is 30.3 Å². The molecule has 1 saturated carbocycles. The minimum absolute atomic E-state index is 0.259. The predicted octanol–water partition coefficient (Wildman–Crippen LogP) is 5.93. The van der Waals surface area contributed by atoms with Crippen LogP contribution in [0, 0.1) is 18.7 Å². The molecule has 33 heavy (non-hydrogen) atoms. The number of aryl methyl sites for hydroxylation is 1. The van der Waals surface area contributed by atoms with Crippen molar-refractivity contribution in [2.24, 2.45) is 5.92 Å². The number of hydrogen-bond acceptors (Lipinski definition) is 4. The van der Waals surface area contributed by atoms with Crippen LogP contribution in [0.1, 0.15) is 24.0 Å². The van der Waals surface area contributed by atoms with Gasteiger partial charge in [-0.05, 0) is 84.7 Å². The molecular weight excluding hydrogens is 421 g/mol. The molecule has 0 radical (unpaired) electrons. The number of amides is 1. The molecule has 0 atom stereocenters. The Labute approximate surface area is 193 Å². The summed E-state index contributed by atoms with van der Waals surface area (Å²) in [5.74, 6) is 1.95. The molecule has 3 aromatic carbocycles. The maximum atomic E-state index is 13.8. The predicted molar refractivity (Wildman–Crippen MR) is 126 cm³/mol. The lowest BCUT2D eigenvalue weighted by atomic mass is 10.00. The Kier molecular flexibility index (Phi) is 7.13. The maximum Gasteiger partial charge on any atom is 0.412 e. The molecule has 1 aliphatic rings. The van der Waals surface area contributed by atoms with E-state index in [0.717, 1.165) is 35.3 Å². The topological polar surface area (TPSA) is 56.8 Å². The van der Waals surface area contributed by atoms with Crippen molar-refractivity contribution < 1.29 is 23.4 Å². The highest BCUT2D eigenvalue weighted by Crippen LogP contribution is 2.37. The third-order valence-electron chi connectivity index (χ3n) is 5.68. The Bertz CT molecular complexity index is 1130. The summed E-state index contributed by atoms with van der Waals surface area (Å²) in [5, 5.41) is 2.70. The molecule has 1 amide bonds. The average molecular weight is 450 g/mol. The molecule has 172 valence electrons. The first-order valence-corrected chi connectivity index (χ1v) is 11.1. The van der Waals surface area contributed by atoms with Crippen molar-refractivity contribution in [3.8, 4) is 28.4 Å². The van der Waals surface area contributed by atoms with Gasteiger partial charge in [-0.2, -0.15) is 0 Å². The number of halogens is 1. The van der Waals surface area contributed by atoms with Crippen molar-refractivity contribution in [1.29, 1.82) is 0 Å². The van der Waals surface area contributed by atoms with Crippen LogP contribution in [0.4, 0.5) is 9.18 Å². The van der Waals surface area contributed by atoms with E-state index < -0.39 is 6.09 Å². The molecule has 4 rings (SSSR count). The number of rotatable bonds is 9. The van der Waals surface area contributed by atoms with Crippen LogP contribution < -0.4 is 19.5 Å². The molecule has 0 heterocycles. The molecule has 0 aliphatic heterocycles. The minimum Gasteiger partial charge on any atom is -0.497 e. The van der Waals surface area contributed by atoms with Crippen molar-refractivity contribution in [3.05, 3.63) is 77.6 Å². The number of ether oxygens (including phenoxy) is 3. The van der Waals surface area contributed by atoms with Gasteiger partial charge in [-0.15, -0.1) is 0 Å². The standard InChI is InChI=1S/C27H28FNO4/c1-18-15-22(31-2)10-11-23(18)21-9-12-25(32-17-19-7-8-19)26(16-21)33-27(30)29-14-13-20-5-3-4-6-24(20)28/h3-6,9-12,15-16,19H,7-8,13-14,17H2,1-2H3,(H,29,30). The van der Waals surface area contributed by atoms with Gasteiger partial charge in [0.15, 0.2) is 11.5 Å². The molecule has 0 spiro atoms. The number of nitrogens with one attached hydrogen (secondary N) is 1. The summed E-state index contributed by atoms with van der Waals surface area (Å²) in [7, 11) is 1.64. The number of carbonyl (C=O) groups is 1. The molecule has 5 nitrogen and oxygen atoms in total. The summed E-state index contributed by atoms with van der Waals surface area (Å²) in [6.07, 6.45) is 2.09. The molecule has 0 unspecified atom stereocenters. The van der Waals surface area contributed by atoms with Crippen molar-refractivity contribution in [2.45, 2.75) is 26.2 Å². The lowest BCUT2D eigenvalue weighted by Crippen LogP contribution is -2.29. The zero-order chi connectivity index (χ0) is 23.2. The lowest BCUT2D eigenvalue weighted by molar-refractivity contribution is 0.196. The largest absolute Gasteiger partial charge is 0.497 e. The monoisotopic (exact) mass is 449 g/mol. The van der Waals surface area contributed by atoms with Gasteiger partial charge in [0.1, 0.15) is 11.6 Å². The van der Waals surface area contributed by atoms with E-state index >= 15 is 0 Å². The van der Waals surface area contributed by atoms with E-state index in [-0.39, 0.29) is 12.4 Å². The molecule has 0 aromatic heterocycles. The lowest BCUT2D eigenvalue weighted by Gasteiger charge is -2.15. The Morgan fingerprint density at radius 1 is 1.06 bits per heavy atom. The molecule has 1 N–H and O–H groups in total. The average Bonchev–Trinajstić information content (AvgIpc) is 3.64. The molecule has 0 saturated heterocycles. The zero-order valence-corrected chi connectivity index (χ0v) is 18.9. The summed E-state index contributed by atoms with van der Waals surface area (Å²) in [5.41, 5.74) is 3.50. The van der Waals surface area contributed by atoms with Crippen LogP contribution >= 0.6 is 0 Å². The molecule has 3 aromatic rings. The molecule has 1 aliphatic carbocycles. The normalized spacial score (nSPS) is 12.8. The summed E-state index contributed by atoms with van der Waals surface area (Å²) in [4.78, 5) is 12.5. The van der Waals surface area contributed by atoms with Gasteiger partial charge in [-0.25, -0.2) is 9.18 Å². The first-order chi connectivity index (χ1) is 16.0. The van der Waals surface area contributed by atoms with Crippen LogP contribution in [0.25, 0.3) is 11.1 Å². The highest BCUT2D eigenvalue weighted by atomic mass is 19.1. The fourth-order valence-corrected chi connectivity index (χ4v) is 3.59. The van der Waals surface area contributed by atoms with Gasteiger partial charge in [-0.3, -0.25) is 0 Å². The van der Waals surface area contributed by atoms with Crippen LogP contribution in [0.15, 0.2) is 60.7 Å². The summed E-state index contributed by atoms with van der Waals surface area (Å²) >= 11 is 0. The van der Waals surface area contributed by atoms with Crippen LogP contribution in [0.3, 0.4) is 0 Å². The maximum absolute atomic E-state index is 13.8. The Morgan fingerprint density at radius 2 is 1.88 bits per heavy atom. The summed E-state index contributed by atoms with van der Waals surface area (Å²) < 4.78 is 30.6. The van der Waals surface area contributed by atoms with Crippen molar-refractivity contribution >= 4 is 6.09 Å². The quantitative estimate of drug-likeness (QED) is 0.440. The Morgan fingerprint density at radius 3 is 2.61 bits per heavy atom. The first kappa shape index (κ1) is 22.6. The van der Waals surface area contributed by atoms with E-state index in [4.69, 9.17) is 14.2 Å². The zero-order valence-electron chi connectivity index (χ0n) is 18.9. The van der Waals surface area contributed by atoms with Gasteiger partial charge in [0.05, 0.1) is 13.7 Å². The number of benzene rings is 3. The van der Waals surface area contributed by atoms with Crippen LogP contribution in [0.2, 0.25) is 0 Å². The fourth-order valence-electron chi connectivity index (χ4n) is 3.59. The van der Waals surface area contributed by atoms with Gasteiger partial charge >= 0.3 is 6.09 Å². The molecular formula is C27H28FNO4. The smallest absolute Gasteiger partial charge is 0.412 e. The third-order valence-corrected chi connectivity index (χ3v) is 5.68. The molecule has 6 heteroatoms. The molecule has 0 bridgehead atoms. The Hall–Kier alpha value is -3.54. The van der Waals surface area contributed by atoms with Crippen LogP contribution in [0.5, 0.6) is 17.2 Å². The van der Waals surface area contributed by atoms with Crippen LogP contribution in [-0.2, 0) is 6.42 Å². The first-order valence-electron chi connectivity index (χ1n) is 11.1. The second-order valence-corrected chi connectivity index (χ2v) is 8.25. The summed E-state index contributed by atoms with van der Waals surface area (Å²) in [6, 6.07) is 18.0. The van der Waals surface area contributed by atoms with Gasteiger partial charge in [0, 0.05) is 6.54 Å². The van der Waals surface area contributed by atoms with E-state index in [1.54, 1.807) is 25.3 Å². The van der Waals surface area contributed by atoms with E-state index in [1.165, 1.54) is 6.07 Å². The van der Waals surface area contributed by atoms with E-state index in [9.17, 15) is 9.18 Å². The number of carbonyl (C=O) groups excluding carboxylic acids is 1. The second-order valence-electron chi connectivity index (χ2n) is 8.25. The highest BCUT2D eigenvalue weighted by Gasteiger charge is 2.23. The van der Waals surface area contributed by atoms with Crippen molar-refractivity contribution in [1.82, 2.24) is 5.32 Å². The van der Waals surface area contributed by atoms with E-state index in [2.05, 4.69) is 5.32 Å². The minimum atomic E-state index is -0.605. The SMILES string of the molecule is COc1ccc(-c2ccc(OCC3CC3)c(OC(=O)NCCc3ccccc3F)c2)c(C)c1. The fraction of sp³-hybridized carbons (Fsp3) is 0.296. The highest BCUT2D eigenvalue weighted by molar-refractivity contribution is 5.75. The van der Waals surface area contributed by atoms with Gasteiger partial charge in [0.2, 0.25) is 0 Å². The van der Waals surface area contributed by atoms with Gasteiger partial charge in [0.25, 0.3) is 0 Å². The van der Waals surface area contributed by atoms with E-state index in [1.807, 2.05) is 43.3 Å². The second kappa shape index (κ2) is 10.4.